The minimum absolute atomic E-state index is 0.149. The zero-order valence-corrected chi connectivity index (χ0v) is 20.2. The highest BCUT2D eigenvalue weighted by atomic mass is 79.9. The molecule has 174 valence electrons. The average molecular weight is 522 g/mol. The van der Waals surface area contributed by atoms with Gasteiger partial charge in [0.05, 0.1) is 35.1 Å². The Hall–Kier alpha value is -3.46. The molecule has 0 aliphatic heterocycles. The summed E-state index contributed by atoms with van der Waals surface area (Å²) in [6, 6.07) is 11.7. The third-order valence-electron chi connectivity index (χ3n) is 6.57. The molecule has 3 heterocycles. The molecule has 1 saturated carbocycles. The van der Waals surface area contributed by atoms with Crippen molar-refractivity contribution in [1.82, 2.24) is 19.6 Å². The summed E-state index contributed by atoms with van der Waals surface area (Å²) in [5, 5.41) is 13.8. The predicted octanol–water partition coefficient (Wildman–Crippen LogP) is 5.17. The smallest absolute Gasteiger partial charge is 0.306 e. The van der Waals surface area contributed by atoms with Crippen LogP contribution in [0.1, 0.15) is 37.3 Å². The molecule has 34 heavy (non-hydrogen) atoms. The van der Waals surface area contributed by atoms with Crippen molar-refractivity contribution >= 4 is 33.4 Å². The van der Waals surface area contributed by atoms with Gasteiger partial charge in [-0.15, -0.1) is 0 Å². The van der Waals surface area contributed by atoms with Crippen molar-refractivity contribution in [1.29, 1.82) is 0 Å². The number of anilines is 1. The number of ether oxygens (including phenoxy) is 1. The van der Waals surface area contributed by atoms with E-state index in [-0.39, 0.29) is 11.8 Å². The van der Waals surface area contributed by atoms with Crippen LogP contribution in [-0.2, 0) is 4.79 Å². The fourth-order valence-electron chi connectivity index (χ4n) is 4.59. The minimum atomic E-state index is -0.718. The number of aliphatic carboxylic acids is 1. The second-order valence-corrected chi connectivity index (χ2v) is 9.33. The molecule has 0 atom stereocenters. The Morgan fingerprint density at radius 2 is 1.79 bits per heavy atom. The first-order valence-electron chi connectivity index (χ1n) is 11.1. The number of pyridine rings is 1. The number of aromatic nitrogens is 4. The van der Waals surface area contributed by atoms with E-state index >= 15 is 0 Å². The monoisotopic (exact) mass is 521 g/mol. The molecule has 3 N–H and O–H groups in total. The summed E-state index contributed by atoms with van der Waals surface area (Å²) < 4.78 is 7.58. The summed E-state index contributed by atoms with van der Waals surface area (Å²) in [7, 11) is 1.64. The number of halogens is 1. The van der Waals surface area contributed by atoms with Crippen molar-refractivity contribution in [2.24, 2.45) is 5.92 Å². The van der Waals surface area contributed by atoms with E-state index < -0.39 is 5.97 Å². The van der Waals surface area contributed by atoms with Gasteiger partial charge in [0.2, 0.25) is 0 Å². The Balaban J connectivity index is 1.48. The van der Waals surface area contributed by atoms with Gasteiger partial charge in [-0.05, 0) is 71.9 Å². The lowest BCUT2D eigenvalue weighted by molar-refractivity contribution is -0.142. The first kappa shape index (κ1) is 22.3. The van der Waals surface area contributed by atoms with Crippen LogP contribution in [0, 0.1) is 5.92 Å². The van der Waals surface area contributed by atoms with Crippen LogP contribution in [-0.4, -0.2) is 37.8 Å². The Bertz CT molecular complexity index is 1340. The topological polar surface area (TPSA) is 116 Å². The average Bonchev–Trinajstić information content (AvgIpc) is 3.30. The third kappa shape index (κ3) is 4.00. The van der Waals surface area contributed by atoms with Crippen LogP contribution in [0.25, 0.3) is 28.0 Å². The summed E-state index contributed by atoms with van der Waals surface area (Å²) >= 11 is 3.61. The largest absolute Gasteiger partial charge is 0.497 e. The normalized spacial score (nSPS) is 18.2. The van der Waals surface area contributed by atoms with Crippen molar-refractivity contribution in [3.05, 3.63) is 59.0 Å². The zero-order valence-electron chi connectivity index (χ0n) is 18.6. The van der Waals surface area contributed by atoms with E-state index in [0.29, 0.717) is 24.3 Å². The quantitative estimate of drug-likeness (QED) is 0.372. The number of carboxylic acid groups (broad SMARTS) is 1. The van der Waals surface area contributed by atoms with Crippen molar-refractivity contribution in [3.8, 4) is 28.1 Å². The van der Waals surface area contributed by atoms with Crippen LogP contribution < -0.4 is 10.5 Å². The molecule has 4 aromatic rings. The van der Waals surface area contributed by atoms with Crippen molar-refractivity contribution in [3.63, 3.8) is 0 Å². The van der Waals surface area contributed by atoms with E-state index in [1.165, 1.54) is 0 Å². The number of carboxylic acids is 1. The summed E-state index contributed by atoms with van der Waals surface area (Å²) in [6.07, 6.45) is 6.37. The Kier molecular flexibility index (Phi) is 5.95. The molecular weight excluding hydrogens is 498 g/mol. The number of hydrogen-bond acceptors (Lipinski definition) is 6. The van der Waals surface area contributed by atoms with Crippen LogP contribution in [0.5, 0.6) is 5.75 Å². The van der Waals surface area contributed by atoms with E-state index in [1.54, 1.807) is 17.8 Å². The Labute approximate surface area is 204 Å². The lowest BCUT2D eigenvalue weighted by Gasteiger charge is -2.26. The number of methoxy groups -OCH3 is 1. The van der Waals surface area contributed by atoms with Crippen molar-refractivity contribution in [2.45, 2.75) is 31.6 Å². The molecule has 1 fully saturated rings. The molecular formula is C25H24BrN5O3. The van der Waals surface area contributed by atoms with Gasteiger partial charge >= 0.3 is 5.97 Å². The number of hydrogen-bond donors (Lipinski definition) is 2. The molecule has 1 aliphatic carbocycles. The standard InChI is InChI=1S/C25H24BrN5O3/c1-34-18-9-6-14(7-10-18)20-11-8-17(12-28-20)19-13-29-31-23(27)21(26)22(30-24(19)31)15-2-4-16(5-3-15)25(32)33/h6-13,15-16H,2-5,27H2,1H3,(H,32,33)/t15-,16-. The van der Waals surface area contributed by atoms with Gasteiger partial charge in [-0.3, -0.25) is 9.78 Å². The van der Waals surface area contributed by atoms with Crippen LogP contribution in [0.4, 0.5) is 5.82 Å². The van der Waals surface area contributed by atoms with Crippen LogP contribution in [0.3, 0.4) is 0 Å². The third-order valence-corrected chi connectivity index (χ3v) is 7.38. The van der Waals surface area contributed by atoms with Crippen LogP contribution in [0.15, 0.2) is 53.3 Å². The molecule has 8 nitrogen and oxygen atoms in total. The number of nitrogens with zero attached hydrogens (tertiary/aromatic N) is 4. The van der Waals surface area contributed by atoms with Gasteiger partial charge in [0.1, 0.15) is 11.6 Å². The van der Waals surface area contributed by atoms with E-state index in [2.05, 4.69) is 26.0 Å². The molecule has 0 saturated heterocycles. The van der Waals surface area contributed by atoms with Crippen molar-refractivity contribution < 1.29 is 14.6 Å². The van der Waals surface area contributed by atoms with Gasteiger partial charge in [0.25, 0.3) is 0 Å². The van der Waals surface area contributed by atoms with Gasteiger partial charge in [-0.25, -0.2) is 4.98 Å². The number of nitrogens with two attached hydrogens (primary N) is 1. The van der Waals surface area contributed by atoms with E-state index in [0.717, 1.165) is 51.1 Å². The van der Waals surface area contributed by atoms with Gasteiger partial charge in [-0.2, -0.15) is 9.61 Å². The summed E-state index contributed by atoms with van der Waals surface area (Å²) in [5.74, 6) is 0.430. The molecule has 1 aliphatic rings. The number of benzene rings is 1. The summed E-state index contributed by atoms with van der Waals surface area (Å²) in [4.78, 5) is 20.9. The first-order valence-corrected chi connectivity index (χ1v) is 11.9. The van der Waals surface area contributed by atoms with Crippen LogP contribution >= 0.6 is 15.9 Å². The summed E-state index contributed by atoms with van der Waals surface area (Å²) in [6.45, 7) is 0. The molecule has 3 aromatic heterocycles. The summed E-state index contributed by atoms with van der Waals surface area (Å²) in [5.41, 5.74) is 11.5. The first-order chi connectivity index (χ1) is 16.5. The molecule has 0 radical (unpaired) electrons. The van der Waals surface area contributed by atoms with E-state index in [1.807, 2.05) is 42.6 Å². The SMILES string of the molecule is COc1ccc(-c2ccc(-c3cnn4c(N)c(Br)c([C@H]5CC[C@H](C(=O)O)CC5)nc34)cn2)cc1. The lowest BCUT2D eigenvalue weighted by atomic mass is 9.80. The molecule has 9 heteroatoms. The molecule has 0 spiro atoms. The second-order valence-electron chi connectivity index (χ2n) is 8.54. The maximum Gasteiger partial charge on any atom is 0.306 e. The predicted molar refractivity (Wildman–Crippen MR) is 133 cm³/mol. The molecule has 1 aromatic carbocycles. The van der Waals surface area contributed by atoms with Crippen molar-refractivity contribution in [2.75, 3.05) is 12.8 Å². The highest BCUT2D eigenvalue weighted by Crippen LogP contribution is 2.40. The fourth-order valence-corrected chi connectivity index (χ4v) is 5.17. The maximum atomic E-state index is 11.3. The molecule has 0 amide bonds. The minimum Gasteiger partial charge on any atom is -0.497 e. The number of fused-ring (bicyclic) bond motifs is 1. The van der Waals surface area contributed by atoms with E-state index in [9.17, 15) is 9.90 Å². The molecule has 5 rings (SSSR count). The molecule has 0 unspecified atom stereocenters. The van der Waals surface area contributed by atoms with Gasteiger partial charge < -0.3 is 15.6 Å². The molecule has 0 bridgehead atoms. The second kappa shape index (κ2) is 9.06. The number of nitrogen functional groups attached to an aromatic ring is 1. The Morgan fingerprint density at radius 3 is 2.41 bits per heavy atom. The van der Waals surface area contributed by atoms with Gasteiger partial charge in [0.15, 0.2) is 5.65 Å². The maximum absolute atomic E-state index is 11.3. The lowest BCUT2D eigenvalue weighted by Crippen LogP contribution is -2.21. The number of carbonyl (C=O) groups is 1. The van der Waals surface area contributed by atoms with Crippen LogP contribution in [0.2, 0.25) is 0 Å². The fraction of sp³-hybridized carbons (Fsp3) is 0.280. The zero-order chi connectivity index (χ0) is 23.8. The highest BCUT2D eigenvalue weighted by Gasteiger charge is 2.30. The van der Waals surface area contributed by atoms with Gasteiger partial charge in [-0.1, -0.05) is 6.07 Å². The highest BCUT2D eigenvalue weighted by molar-refractivity contribution is 9.10. The van der Waals surface area contributed by atoms with E-state index in [4.69, 9.17) is 15.5 Å². The number of rotatable bonds is 5. The van der Waals surface area contributed by atoms with Gasteiger partial charge in [0, 0.05) is 28.8 Å². The Morgan fingerprint density at radius 1 is 1.09 bits per heavy atom.